The fourth-order valence-electron chi connectivity index (χ4n) is 1.64. The molecule has 1 aromatic carbocycles. The summed E-state index contributed by atoms with van der Waals surface area (Å²) in [7, 11) is 0. The lowest BCUT2D eigenvalue weighted by molar-refractivity contribution is -0.00000567. The van der Waals surface area contributed by atoms with Gasteiger partial charge in [0.1, 0.15) is 18.5 Å². The Bertz CT molecular complexity index is 335. The summed E-state index contributed by atoms with van der Waals surface area (Å²) in [5.74, 6) is 0.825. The maximum atomic E-state index is 9.71. The van der Waals surface area contributed by atoms with Crippen LogP contribution in [-0.4, -0.2) is 30.4 Å². The van der Waals surface area contributed by atoms with E-state index in [0.29, 0.717) is 19.2 Å². The van der Waals surface area contributed by atoms with Crippen LogP contribution in [0.2, 0.25) is 0 Å². The minimum absolute atomic E-state index is 0. The molecule has 2 N–H and O–H groups in total. The van der Waals surface area contributed by atoms with Gasteiger partial charge in [0.2, 0.25) is 0 Å². The van der Waals surface area contributed by atoms with Crippen molar-refractivity contribution in [2.75, 3.05) is 13.2 Å². The topological polar surface area (TPSA) is 41.5 Å². The van der Waals surface area contributed by atoms with Crippen molar-refractivity contribution in [1.82, 2.24) is 5.32 Å². The van der Waals surface area contributed by atoms with E-state index in [0.717, 1.165) is 5.75 Å². The third-order valence-corrected chi connectivity index (χ3v) is 2.40. The zero-order valence-electron chi connectivity index (χ0n) is 11.5. The van der Waals surface area contributed by atoms with Gasteiger partial charge in [-0.25, -0.2) is 0 Å². The molecule has 0 aliphatic heterocycles. The summed E-state index contributed by atoms with van der Waals surface area (Å²) in [6, 6.07) is 6.44. The predicted molar refractivity (Wildman–Crippen MR) is 70.6 cm³/mol. The number of aliphatic hydroxyl groups excluding tert-OH is 1. The number of hydrogen-bond acceptors (Lipinski definition) is 3. The van der Waals surface area contributed by atoms with Gasteiger partial charge in [0.05, 0.1) is 0 Å². The van der Waals surface area contributed by atoms with Crippen molar-refractivity contribution in [3.05, 3.63) is 29.3 Å². The van der Waals surface area contributed by atoms with Gasteiger partial charge in [-0.2, -0.15) is 0 Å². The van der Waals surface area contributed by atoms with Crippen molar-refractivity contribution in [3.63, 3.8) is 0 Å². The molecule has 0 aromatic heterocycles. The van der Waals surface area contributed by atoms with Gasteiger partial charge in [-0.3, -0.25) is 0 Å². The second-order valence-electron chi connectivity index (χ2n) is 4.85. The number of nitrogens with one attached hydrogen (secondary N) is 1. The summed E-state index contributed by atoms with van der Waals surface area (Å²) in [5, 5.41) is 12.9. The van der Waals surface area contributed by atoms with Crippen LogP contribution in [0.15, 0.2) is 18.2 Å². The van der Waals surface area contributed by atoms with Gasteiger partial charge in [0.15, 0.2) is 0 Å². The van der Waals surface area contributed by atoms with Crippen molar-refractivity contribution in [2.45, 2.75) is 39.8 Å². The maximum Gasteiger partial charge on any atom is 0.119 e. The summed E-state index contributed by atoms with van der Waals surface area (Å²) < 4.78 is 5.57. The zero-order valence-corrected chi connectivity index (χ0v) is 12.3. The van der Waals surface area contributed by atoms with Crippen LogP contribution in [0.25, 0.3) is 0 Å². The lowest BCUT2D eigenvalue weighted by Gasteiger charge is -2.15. The lowest BCUT2D eigenvalue weighted by Crippen LogP contribution is -3.00. The second-order valence-corrected chi connectivity index (χ2v) is 4.85. The number of ether oxygens (including phenoxy) is 1. The van der Waals surface area contributed by atoms with Crippen LogP contribution in [0.3, 0.4) is 0 Å². The van der Waals surface area contributed by atoms with Crippen LogP contribution in [0.1, 0.15) is 25.0 Å². The van der Waals surface area contributed by atoms with Crippen LogP contribution in [-0.2, 0) is 0 Å². The highest BCUT2D eigenvalue weighted by atomic mass is 35.5. The summed E-state index contributed by atoms with van der Waals surface area (Å²) in [5.41, 5.74) is 2.35. The molecule has 0 bridgehead atoms. The molecule has 0 saturated carbocycles. The van der Waals surface area contributed by atoms with Crippen LogP contribution >= 0.6 is 0 Å². The zero-order chi connectivity index (χ0) is 12.8. The highest BCUT2D eigenvalue weighted by Crippen LogP contribution is 2.16. The number of rotatable bonds is 6. The Kier molecular flexibility index (Phi) is 8.00. The largest absolute Gasteiger partial charge is 1.00 e. The highest BCUT2D eigenvalue weighted by molar-refractivity contribution is 5.32. The maximum absolute atomic E-state index is 9.71. The highest BCUT2D eigenvalue weighted by Gasteiger charge is 2.06. The van der Waals surface area contributed by atoms with E-state index in [-0.39, 0.29) is 12.4 Å². The summed E-state index contributed by atoms with van der Waals surface area (Å²) in [6.07, 6.45) is -0.474. The number of benzene rings is 1. The molecule has 1 atom stereocenters. The lowest BCUT2D eigenvalue weighted by atomic mass is 10.1. The third kappa shape index (κ3) is 6.84. The number of aryl methyl sites for hydroxylation is 2. The Hall–Kier alpha value is -0.770. The molecule has 0 spiro atoms. The number of halogens is 1. The molecule has 0 fully saturated rings. The van der Waals surface area contributed by atoms with Gasteiger partial charge >= 0.3 is 0 Å². The average Bonchev–Trinajstić information content (AvgIpc) is 2.22. The first kappa shape index (κ1) is 17.2. The predicted octanol–water partition coefficient (Wildman–Crippen LogP) is -0.955. The SMILES string of the molecule is Cc1cc(C)cc(OCC(O)CNC(C)C)c1.[Cl-]. The first-order chi connectivity index (χ1) is 7.97. The van der Waals surface area contributed by atoms with Gasteiger partial charge in [0.25, 0.3) is 0 Å². The van der Waals surface area contributed by atoms with E-state index in [1.165, 1.54) is 11.1 Å². The van der Waals surface area contributed by atoms with Gasteiger partial charge in [-0.1, -0.05) is 19.9 Å². The van der Waals surface area contributed by atoms with Gasteiger partial charge in [-0.05, 0) is 37.1 Å². The van der Waals surface area contributed by atoms with Crippen LogP contribution in [0.4, 0.5) is 0 Å². The minimum atomic E-state index is -0.474. The van der Waals surface area contributed by atoms with Crippen molar-refractivity contribution in [3.8, 4) is 5.75 Å². The molecule has 104 valence electrons. The van der Waals surface area contributed by atoms with Gasteiger partial charge in [-0.15, -0.1) is 0 Å². The fourth-order valence-corrected chi connectivity index (χ4v) is 1.64. The Morgan fingerprint density at radius 1 is 1.17 bits per heavy atom. The van der Waals surface area contributed by atoms with Gasteiger partial charge < -0.3 is 27.6 Å². The molecule has 0 aliphatic rings. The summed E-state index contributed by atoms with van der Waals surface area (Å²) >= 11 is 0. The minimum Gasteiger partial charge on any atom is -1.00 e. The molecule has 0 aliphatic carbocycles. The van der Waals surface area contributed by atoms with E-state index < -0.39 is 6.10 Å². The molecular weight excluding hydrogens is 250 g/mol. The fraction of sp³-hybridized carbons (Fsp3) is 0.571. The smallest absolute Gasteiger partial charge is 0.119 e. The second kappa shape index (κ2) is 8.35. The Labute approximate surface area is 116 Å². The van der Waals surface area contributed by atoms with E-state index in [2.05, 4.69) is 25.2 Å². The van der Waals surface area contributed by atoms with Crippen molar-refractivity contribution < 1.29 is 22.3 Å². The quantitative estimate of drug-likeness (QED) is 0.701. The van der Waals surface area contributed by atoms with E-state index in [1.54, 1.807) is 0 Å². The molecule has 0 saturated heterocycles. The Morgan fingerprint density at radius 2 is 1.72 bits per heavy atom. The summed E-state index contributed by atoms with van der Waals surface area (Å²) in [4.78, 5) is 0. The number of aliphatic hydroxyl groups is 1. The van der Waals surface area contributed by atoms with Crippen LogP contribution in [0.5, 0.6) is 5.75 Å². The molecule has 18 heavy (non-hydrogen) atoms. The van der Waals surface area contributed by atoms with Gasteiger partial charge in [0, 0.05) is 12.6 Å². The number of hydrogen-bond donors (Lipinski definition) is 2. The van der Waals surface area contributed by atoms with Crippen molar-refractivity contribution in [1.29, 1.82) is 0 Å². The first-order valence-corrected chi connectivity index (χ1v) is 6.10. The monoisotopic (exact) mass is 272 g/mol. The van der Waals surface area contributed by atoms with E-state index in [1.807, 2.05) is 26.0 Å². The Balaban J connectivity index is 0.00000289. The molecule has 0 heterocycles. The average molecular weight is 273 g/mol. The Morgan fingerprint density at radius 3 is 2.22 bits per heavy atom. The molecule has 1 rings (SSSR count). The van der Waals surface area contributed by atoms with Crippen molar-refractivity contribution in [2.24, 2.45) is 0 Å². The molecule has 0 amide bonds. The third-order valence-electron chi connectivity index (χ3n) is 2.40. The van der Waals surface area contributed by atoms with Crippen LogP contribution in [0, 0.1) is 13.8 Å². The van der Waals surface area contributed by atoms with E-state index >= 15 is 0 Å². The summed E-state index contributed by atoms with van der Waals surface area (Å²) in [6.45, 7) is 9.06. The molecule has 0 radical (unpaired) electrons. The first-order valence-electron chi connectivity index (χ1n) is 6.10. The van der Waals surface area contributed by atoms with E-state index in [9.17, 15) is 5.11 Å². The molecule has 3 nitrogen and oxygen atoms in total. The van der Waals surface area contributed by atoms with E-state index in [4.69, 9.17) is 4.74 Å². The standard InChI is InChI=1S/C14H23NO2.ClH/c1-10(2)15-8-13(16)9-17-14-6-11(3)5-12(4)7-14;/h5-7,10,13,15-16H,8-9H2,1-4H3;1H/p-1. The molecule has 1 aromatic rings. The van der Waals surface area contributed by atoms with Crippen molar-refractivity contribution >= 4 is 0 Å². The molecular formula is C14H23ClNO2-. The molecule has 1 unspecified atom stereocenters. The molecule has 4 heteroatoms. The normalized spacial score (nSPS) is 12.1. The van der Waals surface area contributed by atoms with Crippen LogP contribution < -0.4 is 22.5 Å².